The van der Waals surface area contributed by atoms with Crippen molar-refractivity contribution in [3.8, 4) is 17.2 Å². The van der Waals surface area contributed by atoms with E-state index in [4.69, 9.17) is 14.1 Å². The number of hydrogen-bond donors (Lipinski definition) is 1. The average Bonchev–Trinajstić information content (AvgIpc) is 3.46. The average molecular weight is 482 g/mol. The third-order valence-corrected chi connectivity index (χ3v) is 6.98. The summed E-state index contributed by atoms with van der Waals surface area (Å²) in [5.74, 6) is 1.68. The Bertz CT molecular complexity index is 1330. The molecule has 1 atom stereocenters. The highest BCUT2D eigenvalue weighted by Crippen LogP contribution is 2.39. The second kappa shape index (κ2) is 10.8. The molecule has 0 bridgehead atoms. The van der Waals surface area contributed by atoms with Gasteiger partial charge in [-0.1, -0.05) is 54.6 Å². The zero-order chi connectivity index (χ0) is 24.9. The Kier molecular flexibility index (Phi) is 7.17. The predicted octanol–water partition coefficient (Wildman–Crippen LogP) is 6.56. The van der Waals surface area contributed by atoms with Crippen molar-refractivity contribution in [2.75, 3.05) is 6.61 Å². The highest BCUT2D eigenvalue weighted by atomic mass is 16.5. The molecule has 1 aliphatic rings. The van der Waals surface area contributed by atoms with Crippen molar-refractivity contribution in [3.63, 3.8) is 0 Å². The monoisotopic (exact) mass is 481 g/mol. The number of carboxylic acid groups (broad SMARTS) is 1. The van der Waals surface area contributed by atoms with Gasteiger partial charge >= 0.3 is 5.97 Å². The normalized spacial score (nSPS) is 14.5. The molecule has 3 aromatic carbocycles. The standard InChI is InChI=1S/C31H31NO4/c1-21-28(32-31(36-21)23-10-6-3-7-11-23)16-17-35-29-19-24-14-15-25(20-30(33)34)27(24)18-26(29)13-12-22-8-4-2-5-9-22/h2-11,18-19,25H,12-17,20H2,1H3,(H,33,34). The molecule has 184 valence electrons. The van der Waals surface area contributed by atoms with Gasteiger partial charge in [0.25, 0.3) is 0 Å². The SMILES string of the molecule is Cc1oc(-c2ccccc2)nc1CCOc1cc2c(cc1CCc1ccccc1)C(CC(=O)O)CC2. The topological polar surface area (TPSA) is 72.6 Å². The fourth-order valence-electron chi connectivity index (χ4n) is 5.07. The van der Waals surface area contributed by atoms with E-state index < -0.39 is 5.97 Å². The van der Waals surface area contributed by atoms with Crippen LogP contribution in [0.3, 0.4) is 0 Å². The van der Waals surface area contributed by atoms with E-state index in [1.807, 2.05) is 43.3 Å². The number of ether oxygens (including phenoxy) is 1. The Morgan fingerprint density at radius 1 is 1.03 bits per heavy atom. The first kappa shape index (κ1) is 23.9. The molecule has 1 N–H and O–H groups in total. The van der Waals surface area contributed by atoms with Crippen molar-refractivity contribution in [3.05, 3.63) is 107 Å². The quantitative estimate of drug-likeness (QED) is 0.278. The van der Waals surface area contributed by atoms with Crippen molar-refractivity contribution in [2.24, 2.45) is 0 Å². The van der Waals surface area contributed by atoms with Crippen LogP contribution in [-0.2, 0) is 30.5 Å². The van der Waals surface area contributed by atoms with E-state index >= 15 is 0 Å². The fraction of sp³-hybridized carbons (Fsp3) is 0.290. The van der Waals surface area contributed by atoms with Crippen molar-refractivity contribution in [1.29, 1.82) is 0 Å². The maximum atomic E-state index is 11.4. The number of oxazole rings is 1. The number of aromatic nitrogens is 1. The van der Waals surface area contributed by atoms with E-state index in [1.54, 1.807) is 0 Å². The number of rotatable bonds is 10. The number of benzene rings is 3. The first-order chi connectivity index (χ1) is 17.6. The van der Waals surface area contributed by atoms with Crippen LogP contribution in [-0.4, -0.2) is 22.7 Å². The van der Waals surface area contributed by atoms with Crippen LogP contribution in [0.4, 0.5) is 0 Å². The molecule has 36 heavy (non-hydrogen) atoms. The molecule has 0 spiro atoms. The summed E-state index contributed by atoms with van der Waals surface area (Å²) in [6, 6.07) is 24.7. The molecule has 0 amide bonds. The molecule has 1 heterocycles. The molecule has 5 nitrogen and oxygen atoms in total. The molecule has 4 aromatic rings. The van der Waals surface area contributed by atoms with E-state index in [1.165, 1.54) is 16.7 Å². The Morgan fingerprint density at radius 2 is 1.78 bits per heavy atom. The van der Waals surface area contributed by atoms with Gasteiger partial charge in [0, 0.05) is 12.0 Å². The first-order valence-corrected chi connectivity index (χ1v) is 12.6. The number of carboxylic acids is 1. The minimum absolute atomic E-state index is 0.0798. The van der Waals surface area contributed by atoms with Gasteiger partial charge in [0.15, 0.2) is 0 Å². The van der Waals surface area contributed by atoms with Crippen LogP contribution >= 0.6 is 0 Å². The van der Waals surface area contributed by atoms with Crippen molar-refractivity contribution >= 4 is 5.97 Å². The molecule has 0 saturated heterocycles. The molecule has 1 aliphatic carbocycles. The highest BCUT2D eigenvalue weighted by molar-refractivity contribution is 5.68. The van der Waals surface area contributed by atoms with Gasteiger partial charge in [0.05, 0.1) is 18.7 Å². The summed E-state index contributed by atoms with van der Waals surface area (Å²) in [6.07, 6.45) is 4.35. The number of carbonyl (C=O) groups is 1. The van der Waals surface area contributed by atoms with Crippen LogP contribution < -0.4 is 4.74 Å². The van der Waals surface area contributed by atoms with Crippen molar-refractivity contribution < 1.29 is 19.1 Å². The lowest BCUT2D eigenvalue weighted by molar-refractivity contribution is -0.137. The van der Waals surface area contributed by atoms with Gasteiger partial charge in [0.1, 0.15) is 11.5 Å². The van der Waals surface area contributed by atoms with Crippen LogP contribution in [0.5, 0.6) is 5.75 Å². The number of aliphatic carboxylic acids is 1. The fourth-order valence-corrected chi connectivity index (χ4v) is 5.07. The maximum Gasteiger partial charge on any atom is 0.303 e. The molecule has 0 radical (unpaired) electrons. The molecule has 5 rings (SSSR count). The minimum Gasteiger partial charge on any atom is -0.493 e. The second-order valence-electron chi connectivity index (χ2n) is 9.46. The summed E-state index contributed by atoms with van der Waals surface area (Å²) in [6.45, 7) is 2.44. The van der Waals surface area contributed by atoms with E-state index in [0.29, 0.717) is 18.9 Å². The lowest BCUT2D eigenvalue weighted by Gasteiger charge is -2.16. The molecule has 0 aliphatic heterocycles. The number of hydrogen-bond acceptors (Lipinski definition) is 4. The third-order valence-electron chi connectivity index (χ3n) is 6.98. The number of nitrogens with zero attached hydrogens (tertiary/aromatic N) is 1. The summed E-state index contributed by atoms with van der Waals surface area (Å²) in [5, 5.41) is 9.36. The highest BCUT2D eigenvalue weighted by Gasteiger charge is 2.26. The maximum absolute atomic E-state index is 11.4. The van der Waals surface area contributed by atoms with Gasteiger partial charge in [-0.05, 0) is 79.0 Å². The Balaban J connectivity index is 1.32. The second-order valence-corrected chi connectivity index (χ2v) is 9.46. The number of aryl methyl sites for hydroxylation is 4. The van der Waals surface area contributed by atoms with Gasteiger partial charge in [-0.3, -0.25) is 4.79 Å². The summed E-state index contributed by atoms with van der Waals surface area (Å²) in [4.78, 5) is 16.1. The Labute approximate surface area is 211 Å². The molecule has 0 fully saturated rings. The summed E-state index contributed by atoms with van der Waals surface area (Å²) >= 11 is 0. The van der Waals surface area contributed by atoms with E-state index in [-0.39, 0.29) is 12.3 Å². The van der Waals surface area contributed by atoms with Gasteiger partial charge in [0.2, 0.25) is 5.89 Å². The van der Waals surface area contributed by atoms with E-state index in [2.05, 4.69) is 36.4 Å². The van der Waals surface area contributed by atoms with Crippen molar-refractivity contribution in [1.82, 2.24) is 4.98 Å². The zero-order valence-corrected chi connectivity index (χ0v) is 20.6. The molecule has 1 unspecified atom stereocenters. The van der Waals surface area contributed by atoms with Gasteiger partial charge in [-0.2, -0.15) is 0 Å². The Morgan fingerprint density at radius 3 is 2.53 bits per heavy atom. The summed E-state index contributed by atoms with van der Waals surface area (Å²) in [5.41, 5.74) is 6.67. The molecule has 0 saturated carbocycles. The number of fused-ring (bicyclic) bond motifs is 1. The first-order valence-electron chi connectivity index (χ1n) is 12.6. The molecule has 5 heteroatoms. The van der Waals surface area contributed by atoms with Gasteiger partial charge in [-0.15, -0.1) is 0 Å². The van der Waals surface area contributed by atoms with E-state index in [9.17, 15) is 9.90 Å². The van der Waals surface area contributed by atoms with Crippen LogP contribution in [0.2, 0.25) is 0 Å². The van der Waals surface area contributed by atoms with Gasteiger partial charge < -0.3 is 14.3 Å². The van der Waals surface area contributed by atoms with E-state index in [0.717, 1.165) is 54.0 Å². The van der Waals surface area contributed by atoms with Gasteiger partial charge in [-0.25, -0.2) is 4.98 Å². The summed E-state index contributed by atoms with van der Waals surface area (Å²) in [7, 11) is 0. The lowest BCUT2D eigenvalue weighted by Crippen LogP contribution is -2.07. The molecular weight excluding hydrogens is 450 g/mol. The molecule has 1 aromatic heterocycles. The predicted molar refractivity (Wildman–Crippen MR) is 139 cm³/mol. The largest absolute Gasteiger partial charge is 0.493 e. The minimum atomic E-state index is -0.739. The lowest BCUT2D eigenvalue weighted by atomic mass is 9.94. The van der Waals surface area contributed by atoms with Crippen LogP contribution in [0.15, 0.2) is 77.2 Å². The third kappa shape index (κ3) is 5.51. The Hall–Kier alpha value is -3.86. The molecular formula is C31H31NO4. The van der Waals surface area contributed by atoms with Crippen molar-refractivity contribution in [2.45, 2.75) is 51.4 Å². The zero-order valence-electron chi connectivity index (χ0n) is 20.6. The van der Waals surface area contributed by atoms with Crippen LogP contribution in [0.1, 0.15) is 52.5 Å². The van der Waals surface area contributed by atoms with Crippen LogP contribution in [0.25, 0.3) is 11.5 Å². The smallest absolute Gasteiger partial charge is 0.303 e. The van der Waals surface area contributed by atoms with Crippen LogP contribution in [0, 0.1) is 6.92 Å². The summed E-state index contributed by atoms with van der Waals surface area (Å²) < 4.78 is 12.2.